The van der Waals surface area contributed by atoms with Crippen molar-refractivity contribution >= 4 is 10.8 Å². The molecule has 1 unspecified atom stereocenters. The number of fused-ring (bicyclic) bond motifs is 1. The zero-order chi connectivity index (χ0) is 12.4. The third-order valence-electron chi connectivity index (χ3n) is 3.45. The van der Waals surface area contributed by atoms with Crippen molar-refractivity contribution in [3.05, 3.63) is 48.0 Å². The molecule has 1 radical (unpaired) electrons. The minimum absolute atomic E-state index is 0.484. The van der Waals surface area contributed by atoms with Crippen molar-refractivity contribution in [2.75, 3.05) is 26.9 Å². The Morgan fingerprint density at radius 1 is 1.17 bits per heavy atom. The number of ether oxygens (including phenoxy) is 2. The summed E-state index contributed by atoms with van der Waals surface area (Å²) in [6.07, 6.45) is 0. The molecule has 1 atom stereocenters. The Kier molecular flexibility index (Phi) is 3.04. The van der Waals surface area contributed by atoms with Crippen LogP contribution in [0.2, 0.25) is 0 Å². The Labute approximate surface area is 107 Å². The van der Waals surface area contributed by atoms with Crippen LogP contribution in [0.25, 0.3) is 10.8 Å². The van der Waals surface area contributed by atoms with Crippen LogP contribution >= 0.6 is 0 Å². The molecule has 3 rings (SSSR count). The number of methoxy groups -OCH3 is 1. The predicted octanol–water partition coefficient (Wildman–Crippen LogP) is 2.27. The van der Waals surface area contributed by atoms with E-state index in [1.165, 1.54) is 10.8 Å². The topological polar surface area (TPSA) is 32.6 Å². The average molecular weight is 242 g/mol. The molecule has 0 aromatic heterocycles. The summed E-state index contributed by atoms with van der Waals surface area (Å²) in [4.78, 5) is 0. The van der Waals surface area contributed by atoms with Gasteiger partial charge in [-0.1, -0.05) is 42.5 Å². The van der Waals surface area contributed by atoms with E-state index >= 15 is 0 Å². The molecule has 1 aliphatic heterocycles. The van der Waals surface area contributed by atoms with Crippen molar-refractivity contribution < 1.29 is 9.47 Å². The summed E-state index contributed by atoms with van der Waals surface area (Å²) in [5, 5.41) is 7.03. The Morgan fingerprint density at radius 2 is 2.00 bits per heavy atom. The fraction of sp³-hybridized carbons (Fsp3) is 0.333. The number of hydrogen-bond donors (Lipinski definition) is 0. The van der Waals surface area contributed by atoms with Gasteiger partial charge in [-0.2, -0.15) is 5.32 Å². The zero-order valence-corrected chi connectivity index (χ0v) is 10.4. The van der Waals surface area contributed by atoms with Gasteiger partial charge >= 0.3 is 0 Å². The molecule has 2 aromatic rings. The van der Waals surface area contributed by atoms with Crippen LogP contribution in [0, 0.1) is 0 Å². The standard InChI is InChI=1S/C15H16NO2/c1-17-15(11-18-10-9-16-15)14-8-4-6-12-5-2-3-7-13(12)14/h2-8H,9-11H2,1H3. The normalized spacial score (nSPS) is 24.3. The first kappa shape index (κ1) is 11.7. The molecule has 0 spiro atoms. The number of rotatable bonds is 2. The fourth-order valence-electron chi connectivity index (χ4n) is 2.51. The molecule has 1 heterocycles. The van der Waals surface area contributed by atoms with Crippen LogP contribution in [0.5, 0.6) is 0 Å². The molecule has 93 valence electrons. The summed E-state index contributed by atoms with van der Waals surface area (Å²) in [6.45, 7) is 1.84. The molecule has 3 heteroatoms. The average Bonchev–Trinajstić information content (AvgIpc) is 2.47. The van der Waals surface area contributed by atoms with Gasteiger partial charge in [0.05, 0.1) is 13.2 Å². The Hall–Kier alpha value is -1.42. The molecule has 1 saturated heterocycles. The molecule has 1 aliphatic rings. The van der Waals surface area contributed by atoms with Gasteiger partial charge in [0.25, 0.3) is 0 Å². The SMILES string of the molecule is COC1(c2cccc3ccccc23)COCC[N]1. The maximum atomic E-state index is 5.68. The van der Waals surface area contributed by atoms with E-state index in [1.54, 1.807) is 7.11 Å². The fourth-order valence-corrected chi connectivity index (χ4v) is 2.51. The highest BCUT2D eigenvalue weighted by Gasteiger charge is 2.37. The minimum Gasteiger partial charge on any atom is -0.375 e. The molecule has 0 saturated carbocycles. The van der Waals surface area contributed by atoms with Crippen LogP contribution in [-0.4, -0.2) is 26.9 Å². The number of benzene rings is 2. The van der Waals surface area contributed by atoms with Crippen molar-refractivity contribution in [2.24, 2.45) is 0 Å². The van der Waals surface area contributed by atoms with Gasteiger partial charge < -0.3 is 9.47 Å². The van der Waals surface area contributed by atoms with Crippen molar-refractivity contribution in [3.8, 4) is 0 Å². The molecular weight excluding hydrogens is 226 g/mol. The first-order valence-corrected chi connectivity index (χ1v) is 6.15. The molecule has 1 fully saturated rings. The maximum absolute atomic E-state index is 5.68. The first-order chi connectivity index (χ1) is 8.86. The van der Waals surface area contributed by atoms with E-state index in [0.717, 1.165) is 5.56 Å². The first-order valence-electron chi connectivity index (χ1n) is 6.15. The van der Waals surface area contributed by atoms with Crippen LogP contribution in [-0.2, 0) is 15.2 Å². The van der Waals surface area contributed by atoms with Crippen molar-refractivity contribution in [1.29, 1.82) is 0 Å². The molecular formula is C15H16NO2. The van der Waals surface area contributed by atoms with Gasteiger partial charge in [0.15, 0.2) is 5.72 Å². The lowest BCUT2D eigenvalue weighted by atomic mass is 9.95. The number of hydrogen-bond acceptors (Lipinski definition) is 2. The van der Waals surface area contributed by atoms with Gasteiger partial charge in [0.1, 0.15) is 0 Å². The third-order valence-corrected chi connectivity index (χ3v) is 3.45. The lowest BCUT2D eigenvalue weighted by Gasteiger charge is -2.36. The van der Waals surface area contributed by atoms with Gasteiger partial charge in [-0.05, 0) is 10.8 Å². The van der Waals surface area contributed by atoms with E-state index in [1.807, 2.05) is 18.2 Å². The second-order valence-corrected chi connectivity index (χ2v) is 4.45. The largest absolute Gasteiger partial charge is 0.375 e. The second-order valence-electron chi connectivity index (χ2n) is 4.45. The summed E-state index contributed by atoms with van der Waals surface area (Å²) < 4.78 is 11.2. The lowest BCUT2D eigenvalue weighted by molar-refractivity contribution is -0.132. The van der Waals surface area contributed by atoms with E-state index in [2.05, 4.69) is 29.6 Å². The monoisotopic (exact) mass is 242 g/mol. The van der Waals surface area contributed by atoms with Crippen molar-refractivity contribution in [3.63, 3.8) is 0 Å². The molecule has 18 heavy (non-hydrogen) atoms. The summed E-state index contributed by atoms with van der Waals surface area (Å²) in [7, 11) is 1.69. The molecule has 0 aliphatic carbocycles. The summed E-state index contributed by atoms with van der Waals surface area (Å²) in [5.74, 6) is 0. The highest BCUT2D eigenvalue weighted by molar-refractivity contribution is 5.86. The minimum atomic E-state index is -0.654. The summed E-state index contributed by atoms with van der Waals surface area (Å²) in [5.41, 5.74) is 0.432. The van der Waals surface area contributed by atoms with Gasteiger partial charge in [-0.3, -0.25) is 0 Å². The van der Waals surface area contributed by atoms with E-state index in [9.17, 15) is 0 Å². The second kappa shape index (κ2) is 4.69. The van der Waals surface area contributed by atoms with Crippen molar-refractivity contribution in [2.45, 2.75) is 5.72 Å². The van der Waals surface area contributed by atoms with Crippen LogP contribution in [0.3, 0.4) is 0 Å². The van der Waals surface area contributed by atoms with E-state index < -0.39 is 5.72 Å². The summed E-state index contributed by atoms with van der Waals surface area (Å²) >= 11 is 0. The van der Waals surface area contributed by atoms with Crippen LogP contribution in [0.4, 0.5) is 0 Å². The van der Waals surface area contributed by atoms with E-state index in [-0.39, 0.29) is 0 Å². The summed E-state index contributed by atoms with van der Waals surface area (Å²) in [6, 6.07) is 14.5. The van der Waals surface area contributed by atoms with Gasteiger partial charge in [-0.15, -0.1) is 0 Å². The third kappa shape index (κ3) is 1.81. The van der Waals surface area contributed by atoms with Crippen molar-refractivity contribution in [1.82, 2.24) is 5.32 Å². The Balaban J connectivity index is 2.17. The maximum Gasteiger partial charge on any atom is 0.184 e. The van der Waals surface area contributed by atoms with Crippen LogP contribution in [0.15, 0.2) is 42.5 Å². The number of morpholine rings is 1. The van der Waals surface area contributed by atoms with Gasteiger partial charge in [0, 0.05) is 19.2 Å². The molecule has 3 nitrogen and oxygen atoms in total. The Bertz CT molecular complexity index is 542. The lowest BCUT2D eigenvalue weighted by Crippen LogP contribution is -2.48. The molecule has 0 bridgehead atoms. The quantitative estimate of drug-likeness (QED) is 0.809. The van der Waals surface area contributed by atoms with E-state index in [0.29, 0.717) is 19.8 Å². The molecule has 0 N–H and O–H groups in total. The van der Waals surface area contributed by atoms with Gasteiger partial charge in [-0.25, -0.2) is 0 Å². The molecule has 0 amide bonds. The van der Waals surface area contributed by atoms with Crippen LogP contribution in [0.1, 0.15) is 5.56 Å². The highest BCUT2D eigenvalue weighted by Crippen LogP contribution is 2.32. The Morgan fingerprint density at radius 3 is 2.78 bits per heavy atom. The predicted molar refractivity (Wildman–Crippen MR) is 70.5 cm³/mol. The number of nitrogens with zero attached hydrogens (tertiary/aromatic N) is 1. The van der Waals surface area contributed by atoms with Crippen LogP contribution < -0.4 is 5.32 Å². The van der Waals surface area contributed by atoms with E-state index in [4.69, 9.17) is 9.47 Å². The van der Waals surface area contributed by atoms with Gasteiger partial charge in [0.2, 0.25) is 0 Å². The zero-order valence-electron chi connectivity index (χ0n) is 10.4. The smallest absolute Gasteiger partial charge is 0.184 e. The molecule has 2 aromatic carbocycles. The highest BCUT2D eigenvalue weighted by atomic mass is 16.6.